The molecule has 0 radical (unpaired) electrons. The van der Waals surface area contributed by atoms with Gasteiger partial charge in [-0.1, -0.05) is 13.0 Å². The highest BCUT2D eigenvalue weighted by molar-refractivity contribution is 7.12. The van der Waals surface area contributed by atoms with Gasteiger partial charge in [0.15, 0.2) is 5.78 Å². The van der Waals surface area contributed by atoms with Gasteiger partial charge < -0.3 is 4.74 Å². The zero-order valence-electron chi connectivity index (χ0n) is 9.94. The van der Waals surface area contributed by atoms with Crippen LogP contribution in [-0.2, 0) is 4.74 Å². The predicted molar refractivity (Wildman–Crippen MR) is 67.3 cm³/mol. The van der Waals surface area contributed by atoms with E-state index >= 15 is 0 Å². The highest BCUT2D eigenvalue weighted by atomic mass is 32.1. The molecule has 0 saturated heterocycles. The van der Waals surface area contributed by atoms with E-state index in [2.05, 4.69) is 11.8 Å². The molecule has 0 aliphatic carbocycles. The Morgan fingerprint density at radius 3 is 2.88 bits per heavy atom. The molecule has 1 aromatic rings. The maximum absolute atomic E-state index is 11.8. The normalized spacial score (nSPS) is 10.9. The Hall–Kier alpha value is -0.710. The minimum Gasteiger partial charge on any atom is -0.380 e. The minimum atomic E-state index is 0.202. The van der Waals surface area contributed by atoms with Gasteiger partial charge in [-0.2, -0.15) is 0 Å². The van der Waals surface area contributed by atoms with Crippen LogP contribution in [0.25, 0.3) is 0 Å². The van der Waals surface area contributed by atoms with E-state index in [0.29, 0.717) is 13.2 Å². The molecule has 4 heteroatoms. The van der Waals surface area contributed by atoms with Crippen molar-refractivity contribution in [3.8, 4) is 0 Å². The molecule has 1 aromatic heterocycles. The number of thiophene rings is 1. The molecule has 0 unspecified atom stereocenters. The molecule has 3 nitrogen and oxygen atoms in total. The molecule has 1 heterocycles. The standard InChI is InChI=1S/C12H19NO2S/c1-3-13(7-8-15-4-2)10-11(14)12-6-5-9-16-12/h5-6,9H,3-4,7-8,10H2,1-2H3. The summed E-state index contributed by atoms with van der Waals surface area (Å²) in [5.74, 6) is 0.202. The number of Topliss-reactive ketones (excluding diaryl/α,β-unsaturated/α-hetero) is 1. The zero-order chi connectivity index (χ0) is 11.8. The topological polar surface area (TPSA) is 29.5 Å². The number of carbonyl (C=O) groups excluding carboxylic acids is 1. The van der Waals surface area contributed by atoms with Crippen molar-refractivity contribution in [2.75, 3.05) is 32.8 Å². The number of carbonyl (C=O) groups is 1. The Kier molecular flexibility index (Phi) is 6.30. The highest BCUT2D eigenvalue weighted by Gasteiger charge is 2.11. The fraction of sp³-hybridized carbons (Fsp3) is 0.583. The summed E-state index contributed by atoms with van der Waals surface area (Å²) in [5.41, 5.74) is 0. The monoisotopic (exact) mass is 241 g/mol. The van der Waals surface area contributed by atoms with Crippen molar-refractivity contribution in [1.82, 2.24) is 4.90 Å². The lowest BCUT2D eigenvalue weighted by Crippen LogP contribution is -2.32. The summed E-state index contributed by atoms with van der Waals surface area (Å²) in [4.78, 5) is 14.8. The Balaban J connectivity index is 2.35. The Bertz CT molecular complexity index is 298. The summed E-state index contributed by atoms with van der Waals surface area (Å²) in [6, 6.07) is 3.79. The van der Waals surface area contributed by atoms with Gasteiger partial charge in [-0.05, 0) is 24.9 Å². The molecule has 0 aliphatic rings. The Labute approximate surface area is 101 Å². The van der Waals surface area contributed by atoms with Crippen molar-refractivity contribution in [3.63, 3.8) is 0 Å². The van der Waals surface area contributed by atoms with Crippen LogP contribution < -0.4 is 0 Å². The SMILES string of the molecule is CCOCCN(CC)CC(=O)c1cccs1. The van der Waals surface area contributed by atoms with Crippen molar-refractivity contribution in [3.05, 3.63) is 22.4 Å². The number of hydrogen-bond donors (Lipinski definition) is 0. The average molecular weight is 241 g/mol. The molecule has 0 spiro atoms. The summed E-state index contributed by atoms with van der Waals surface area (Å²) < 4.78 is 5.29. The highest BCUT2D eigenvalue weighted by Crippen LogP contribution is 2.09. The van der Waals surface area contributed by atoms with Crippen LogP contribution >= 0.6 is 11.3 Å². The fourth-order valence-electron chi connectivity index (χ4n) is 1.41. The van der Waals surface area contributed by atoms with Gasteiger partial charge in [0, 0.05) is 13.2 Å². The number of ether oxygens (including phenoxy) is 1. The van der Waals surface area contributed by atoms with Gasteiger partial charge in [0.1, 0.15) is 0 Å². The Morgan fingerprint density at radius 1 is 1.50 bits per heavy atom. The van der Waals surface area contributed by atoms with Crippen molar-refractivity contribution >= 4 is 17.1 Å². The first-order valence-electron chi connectivity index (χ1n) is 5.64. The van der Waals surface area contributed by atoms with Crippen LogP contribution in [0, 0.1) is 0 Å². The first-order valence-corrected chi connectivity index (χ1v) is 6.52. The lowest BCUT2D eigenvalue weighted by Gasteiger charge is -2.18. The predicted octanol–water partition coefficient (Wildman–Crippen LogP) is 2.29. The molecule has 1 rings (SSSR count). The van der Waals surface area contributed by atoms with Crippen LogP contribution in [0.15, 0.2) is 17.5 Å². The van der Waals surface area contributed by atoms with Gasteiger partial charge in [0.25, 0.3) is 0 Å². The number of nitrogens with zero attached hydrogens (tertiary/aromatic N) is 1. The van der Waals surface area contributed by atoms with E-state index in [0.717, 1.165) is 24.6 Å². The van der Waals surface area contributed by atoms with Crippen LogP contribution in [0.1, 0.15) is 23.5 Å². The average Bonchev–Trinajstić information content (AvgIpc) is 2.81. The summed E-state index contributed by atoms with van der Waals surface area (Å²) in [6.07, 6.45) is 0. The van der Waals surface area contributed by atoms with E-state index in [1.54, 1.807) is 0 Å². The Morgan fingerprint density at radius 2 is 2.31 bits per heavy atom. The molecular formula is C12H19NO2S. The molecule has 0 aromatic carbocycles. The second-order valence-corrected chi connectivity index (χ2v) is 4.41. The molecule has 0 saturated carbocycles. The lowest BCUT2D eigenvalue weighted by atomic mass is 10.3. The first-order chi connectivity index (χ1) is 7.77. The van der Waals surface area contributed by atoms with E-state index in [4.69, 9.17) is 4.74 Å². The van der Waals surface area contributed by atoms with Gasteiger partial charge in [-0.15, -0.1) is 11.3 Å². The maximum atomic E-state index is 11.8. The first kappa shape index (κ1) is 13.4. The van der Waals surface area contributed by atoms with E-state index in [-0.39, 0.29) is 5.78 Å². The maximum Gasteiger partial charge on any atom is 0.186 e. The number of likely N-dealkylation sites (N-methyl/N-ethyl adjacent to an activating group) is 1. The fourth-order valence-corrected chi connectivity index (χ4v) is 2.06. The van der Waals surface area contributed by atoms with Gasteiger partial charge in [0.05, 0.1) is 18.0 Å². The number of ketones is 1. The largest absolute Gasteiger partial charge is 0.380 e. The molecule has 0 atom stereocenters. The van der Waals surface area contributed by atoms with Gasteiger partial charge in [-0.25, -0.2) is 0 Å². The minimum absolute atomic E-state index is 0.202. The molecule has 0 fully saturated rings. The van der Waals surface area contributed by atoms with Crippen molar-refractivity contribution < 1.29 is 9.53 Å². The second-order valence-electron chi connectivity index (χ2n) is 3.47. The van der Waals surface area contributed by atoms with Crippen molar-refractivity contribution in [2.24, 2.45) is 0 Å². The third-order valence-electron chi connectivity index (χ3n) is 2.37. The van der Waals surface area contributed by atoms with Crippen molar-refractivity contribution in [2.45, 2.75) is 13.8 Å². The van der Waals surface area contributed by atoms with Crippen LogP contribution in [-0.4, -0.2) is 43.5 Å². The molecule has 16 heavy (non-hydrogen) atoms. The van der Waals surface area contributed by atoms with Crippen molar-refractivity contribution in [1.29, 1.82) is 0 Å². The molecule has 90 valence electrons. The molecule has 0 aliphatic heterocycles. The summed E-state index contributed by atoms with van der Waals surface area (Å²) in [7, 11) is 0. The smallest absolute Gasteiger partial charge is 0.186 e. The molecule has 0 N–H and O–H groups in total. The van der Waals surface area contributed by atoms with Crippen LogP contribution in [0.4, 0.5) is 0 Å². The van der Waals surface area contributed by atoms with E-state index < -0.39 is 0 Å². The zero-order valence-corrected chi connectivity index (χ0v) is 10.8. The lowest BCUT2D eigenvalue weighted by molar-refractivity contribution is 0.0871. The number of hydrogen-bond acceptors (Lipinski definition) is 4. The molecule has 0 bridgehead atoms. The summed E-state index contributed by atoms with van der Waals surface area (Å²) in [5, 5.41) is 1.93. The van der Waals surface area contributed by atoms with Gasteiger partial charge in [0.2, 0.25) is 0 Å². The molecular weight excluding hydrogens is 222 g/mol. The van der Waals surface area contributed by atoms with Gasteiger partial charge >= 0.3 is 0 Å². The van der Waals surface area contributed by atoms with E-state index in [1.807, 2.05) is 24.4 Å². The number of rotatable bonds is 8. The second kappa shape index (κ2) is 7.54. The summed E-state index contributed by atoms with van der Waals surface area (Å²) >= 11 is 1.50. The van der Waals surface area contributed by atoms with Crippen LogP contribution in [0.3, 0.4) is 0 Å². The van der Waals surface area contributed by atoms with Gasteiger partial charge in [-0.3, -0.25) is 9.69 Å². The summed E-state index contributed by atoms with van der Waals surface area (Å²) in [6.45, 7) is 7.66. The quantitative estimate of drug-likeness (QED) is 0.516. The van der Waals surface area contributed by atoms with E-state index in [1.165, 1.54) is 11.3 Å². The third kappa shape index (κ3) is 4.43. The van der Waals surface area contributed by atoms with Crippen LogP contribution in [0.2, 0.25) is 0 Å². The van der Waals surface area contributed by atoms with Crippen LogP contribution in [0.5, 0.6) is 0 Å². The van der Waals surface area contributed by atoms with E-state index in [9.17, 15) is 4.79 Å². The molecule has 0 amide bonds. The third-order valence-corrected chi connectivity index (χ3v) is 3.28.